The molecule has 33 heavy (non-hydrogen) atoms. The van der Waals surface area contributed by atoms with Crippen LogP contribution >= 0.6 is 0 Å². The number of aromatic nitrogens is 2. The van der Waals surface area contributed by atoms with Gasteiger partial charge in [0.2, 0.25) is 0 Å². The summed E-state index contributed by atoms with van der Waals surface area (Å²) < 4.78 is 30.2. The second kappa shape index (κ2) is 9.91. The Morgan fingerprint density at radius 2 is 1.97 bits per heavy atom. The van der Waals surface area contributed by atoms with Crippen LogP contribution in [0.15, 0.2) is 46.7 Å². The lowest BCUT2D eigenvalue weighted by molar-refractivity contribution is -0.110. The van der Waals surface area contributed by atoms with E-state index in [-0.39, 0.29) is 33.5 Å². The number of ether oxygens (including phenoxy) is 1. The van der Waals surface area contributed by atoms with Crippen molar-refractivity contribution in [3.8, 4) is 0 Å². The zero-order chi connectivity index (χ0) is 23.4. The van der Waals surface area contributed by atoms with Gasteiger partial charge in [-0.3, -0.25) is 9.78 Å². The lowest BCUT2D eigenvalue weighted by Crippen LogP contribution is -2.26. The van der Waals surface area contributed by atoms with Gasteiger partial charge in [-0.05, 0) is 25.0 Å². The fraction of sp³-hybridized carbons (Fsp3) is 0.429. The molecular formula is C21H24N4O7S. The molecule has 0 bridgehead atoms. The van der Waals surface area contributed by atoms with Gasteiger partial charge in [-0.1, -0.05) is 17.3 Å². The molecule has 12 heteroatoms. The van der Waals surface area contributed by atoms with E-state index in [9.17, 15) is 18.3 Å². The highest BCUT2D eigenvalue weighted by molar-refractivity contribution is 7.92. The molecule has 2 atom stereocenters. The molecule has 11 nitrogen and oxygen atoms in total. The Morgan fingerprint density at radius 1 is 1.21 bits per heavy atom. The third kappa shape index (κ3) is 5.53. The molecule has 2 aliphatic rings. The quantitative estimate of drug-likeness (QED) is 0.347. The topological polar surface area (TPSA) is 160 Å². The largest absolute Gasteiger partial charge is 0.393 e. The number of aliphatic hydroxyl groups is 2. The van der Waals surface area contributed by atoms with E-state index in [1.54, 1.807) is 0 Å². The summed E-state index contributed by atoms with van der Waals surface area (Å²) in [5.41, 5.74) is 0.446. The highest BCUT2D eigenvalue weighted by Crippen LogP contribution is 2.33. The number of amides is 1. The number of rotatable bonds is 9. The van der Waals surface area contributed by atoms with Crippen LogP contribution in [0, 0.1) is 0 Å². The van der Waals surface area contributed by atoms with Crippen LogP contribution < -0.4 is 5.32 Å². The third-order valence-corrected chi connectivity index (χ3v) is 7.52. The molecule has 1 aliphatic carbocycles. The number of nitrogens with zero attached hydrogens (tertiary/aromatic N) is 3. The fourth-order valence-corrected chi connectivity index (χ4v) is 4.82. The Balaban J connectivity index is 1.55. The summed E-state index contributed by atoms with van der Waals surface area (Å²) in [4.78, 5) is 26.6. The summed E-state index contributed by atoms with van der Waals surface area (Å²) in [7, 11) is -3.36. The Kier molecular flexibility index (Phi) is 6.98. The van der Waals surface area contributed by atoms with E-state index < -0.39 is 28.5 Å². The first-order chi connectivity index (χ1) is 15.9. The lowest BCUT2D eigenvalue weighted by Gasteiger charge is -2.11. The van der Waals surface area contributed by atoms with Crippen LogP contribution in [0.1, 0.15) is 36.6 Å². The maximum atomic E-state index is 13.0. The fourth-order valence-electron chi connectivity index (χ4n) is 3.17. The summed E-state index contributed by atoms with van der Waals surface area (Å²) in [6.45, 7) is 0.389. The second-order valence-electron chi connectivity index (χ2n) is 7.78. The van der Waals surface area contributed by atoms with Crippen molar-refractivity contribution in [2.24, 2.45) is 5.16 Å². The Morgan fingerprint density at radius 3 is 2.55 bits per heavy atom. The smallest absolute Gasteiger partial charge is 0.279 e. The Hall–Kier alpha value is -2.93. The minimum Gasteiger partial charge on any atom is -0.393 e. The number of carbonyl (C=O) groups is 1. The first kappa shape index (κ1) is 23.2. The Labute approximate surface area is 190 Å². The van der Waals surface area contributed by atoms with Gasteiger partial charge in [0.25, 0.3) is 5.91 Å². The molecule has 1 saturated carbocycles. The van der Waals surface area contributed by atoms with E-state index in [1.807, 2.05) is 0 Å². The van der Waals surface area contributed by atoms with Crippen molar-refractivity contribution < 1.29 is 33.0 Å². The Bertz CT molecular complexity index is 1110. The number of anilines is 1. The SMILES string of the molecule is O=C(Nc1cnc(C(O)CO)cn1)/C(=N/O[C@@H]1CCOC1)c1ccc(S(=O)(=O)C2CC2)cc1. The minimum absolute atomic E-state index is 0.0708. The van der Waals surface area contributed by atoms with Crippen LogP contribution in [-0.2, 0) is 24.2 Å². The van der Waals surface area contributed by atoms with Crippen LogP contribution in [0.5, 0.6) is 0 Å². The molecular weight excluding hydrogens is 452 g/mol. The van der Waals surface area contributed by atoms with Gasteiger partial charge in [0.05, 0.1) is 48.1 Å². The van der Waals surface area contributed by atoms with Crippen LogP contribution in [0.2, 0.25) is 0 Å². The predicted octanol–water partition coefficient (Wildman–Crippen LogP) is 0.587. The van der Waals surface area contributed by atoms with Crippen molar-refractivity contribution in [2.45, 2.75) is 41.6 Å². The summed E-state index contributed by atoms with van der Waals surface area (Å²) in [5, 5.41) is 24.8. The van der Waals surface area contributed by atoms with Crippen molar-refractivity contribution in [1.82, 2.24) is 9.97 Å². The van der Waals surface area contributed by atoms with E-state index in [0.29, 0.717) is 38.0 Å². The highest BCUT2D eigenvalue weighted by atomic mass is 32.2. The first-order valence-electron chi connectivity index (χ1n) is 10.5. The van der Waals surface area contributed by atoms with Crippen molar-refractivity contribution >= 4 is 27.3 Å². The van der Waals surface area contributed by atoms with Crippen LogP contribution in [0.3, 0.4) is 0 Å². The van der Waals surface area contributed by atoms with E-state index in [2.05, 4.69) is 20.4 Å². The van der Waals surface area contributed by atoms with E-state index in [0.717, 1.165) is 0 Å². The molecule has 2 heterocycles. The van der Waals surface area contributed by atoms with Crippen LogP contribution in [0.4, 0.5) is 5.82 Å². The minimum atomic E-state index is -3.36. The molecule has 1 aromatic heterocycles. The normalized spacial score (nSPS) is 19.8. The molecule has 1 aromatic carbocycles. The lowest BCUT2D eigenvalue weighted by atomic mass is 10.1. The average Bonchev–Trinajstić information content (AvgIpc) is 3.57. The number of hydrogen-bond donors (Lipinski definition) is 3. The summed E-state index contributed by atoms with van der Waals surface area (Å²) in [5.74, 6) is -0.546. The van der Waals surface area contributed by atoms with Crippen LogP contribution in [-0.4, -0.2) is 71.4 Å². The zero-order valence-electron chi connectivity index (χ0n) is 17.6. The zero-order valence-corrected chi connectivity index (χ0v) is 18.4. The molecule has 176 valence electrons. The van der Waals surface area contributed by atoms with Gasteiger partial charge < -0.3 is 25.1 Å². The number of benzene rings is 1. The standard InChI is InChI=1S/C21H24N4O7S/c26-11-18(27)17-9-23-19(10-22-17)24-21(28)20(25-32-14-7-8-31-12-14)13-1-3-15(4-2-13)33(29,30)16-5-6-16/h1-4,9-10,14,16,18,26-27H,5-8,11-12H2,(H,23,24,28)/b25-20+/t14-,18?/m1/s1. The summed E-state index contributed by atoms with van der Waals surface area (Å²) in [6.07, 6.45) is 2.96. The molecule has 2 fully saturated rings. The molecule has 4 rings (SSSR count). The number of oxime groups is 1. The van der Waals surface area contributed by atoms with Gasteiger partial charge in [0.1, 0.15) is 6.10 Å². The van der Waals surface area contributed by atoms with Gasteiger partial charge in [-0.25, -0.2) is 13.4 Å². The summed E-state index contributed by atoms with van der Waals surface area (Å²) >= 11 is 0. The molecule has 1 unspecified atom stereocenters. The molecule has 1 amide bonds. The van der Waals surface area contributed by atoms with E-state index in [1.165, 1.54) is 36.7 Å². The molecule has 2 aromatic rings. The number of nitrogens with one attached hydrogen (secondary N) is 1. The second-order valence-corrected chi connectivity index (χ2v) is 10.0. The van der Waals surface area contributed by atoms with Gasteiger partial charge in [0.15, 0.2) is 27.5 Å². The van der Waals surface area contributed by atoms with E-state index >= 15 is 0 Å². The summed E-state index contributed by atoms with van der Waals surface area (Å²) in [6, 6.07) is 5.92. The molecule has 1 aliphatic heterocycles. The van der Waals surface area contributed by atoms with Crippen molar-refractivity contribution in [1.29, 1.82) is 0 Å². The number of carbonyl (C=O) groups excluding carboxylic acids is 1. The molecule has 0 spiro atoms. The van der Waals surface area contributed by atoms with Crippen molar-refractivity contribution in [3.63, 3.8) is 0 Å². The third-order valence-electron chi connectivity index (χ3n) is 5.24. The van der Waals surface area contributed by atoms with Gasteiger partial charge in [0, 0.05) is 12.0 Å². The highest BCUT2D eigenvalue weighted by Gasteiger charge is 2.36. The first-order valence-corrected chi connectivity index (χ1v) is 12.0. The molecule has 1 saturated heterocycles. The monoisotopic (exact) mass is 476 g/mol. The molecule has 0 radical (unpaired) electrons. The van der Waals surface area contributed by atoms with Crippen LogP contribution in [0.25, 0.3) is 0 Å². The van der Waals surface area contributed by atoms with Gasteiger partial charge in [-0.2, -0.15) is 0 Å². The van der Waals surface area contributed by atoms with Gasteiger partial charge in [-0.15, -0.1) is 0 Å². The average molecular weight is 477 g/mol. The molecule has 3 N–H and O–H groups in total. The number of aliphatic hydroxyl groups excluding tert-OH is 2. The van der Waals surface area contributed by atoms with E-state index in [4.69, 9.17) is 14.7 Å². The van der Waals surface area contributed by atoms with Gasteiger partial charge >= 0.3 is 0 Å². The maximum Gasteiger partial charge on any atom is 0.279 e. The van der Waals surface area contributed by atoms with Crippen molar-refractivity contribution in [3.05, 3.63) is 47.9 Å². The number of sulfone groups is 1. The number of hydrogen-bond acceptors (Lipinski definition) is 10. The maximum absolute atomic E-state index is 13.0. The van der Waals surface area contributed by atoms with Crippen molar-refractivity contribution in [2.75, 3.05) is 25.1 Å². The predicted molar refractivity (Wildman–Crippen MR) is 116 cm³/mol.